The van der Waals surface area contributed by atoms with Crippen molar-refractivity contribution in [3.05, 3.63) is 47.9 Å². The maximum absolute atomic E-state index is 9.18. The number of rotatable bonds is 5. The molecule has 4 N–H and O–H groups in total. The second-order valence-electron chi connectivity index (χ2n) is 3.99. The van der Waals surface area contributed by atoms with Crippen molar-refractivity contribution in [2.24, 2.45) is 5.73 Å². The molecule has 1 heterocycles. The molecule has 0 spiro atoms. The molecule has 0 bridgehead atoms. The van der Waals surface area contributed by atoms with Crippen molar-refractivity contribution in [1.29, 1.82) is 0 Å². The second kappa shape index (κ2) is 6.10. The summed E-state index contributed by atoms with van der Waals surface area (Å²) in [7, 11) is 0. The lowest BCUT2D eigenvalue weighted by Gasteiger charge is -2.06. The molecule has 2 rings (SSSR count). The molecule has 0 aliphatic heterocycles. The maximum Gasteiger partial charge on any atom is 0.144 e. The van der Waals surface area contributed by atoms with Gasteiger partial charge in [0.25, 0.3) is 0 Å². The highest BCUT2D eigenvalue weighted by molar-refractivity contribution is 7.80. The van der Waals surface area contributed by atoms with Gasteiger partial charge < -0.3 is 16.2 Å². The van der Waals surface area contributed by atoms with Gasteiger partial charge in [-0.2, -0.15) is 0 Å². The number of phenols is 1. The van der Waals surface area contributed by atoms with Gasteiger partial charge in [-0.1, -0.05) is 24.4 Å². The van der Waals surface area contributed by atoms with E-state index in [4.69, 9.17) is 18.0 Å². The third-order valence-corrected chi connectivity index (χ3v) is 2.77. The lowest BCUT2D eigenvalue weighted by molar-refractivity contribution is 0.475. The summed E-state index contributed by atoms with van der Waals surface area (Å²) in [6.07, 6.45) is 3.98. The third-order valence-electron chi connectivity index (χ3n) is 2.56. The molecule has 0 aliphatic rings. The molecule has 6 heteroatoms. The van der Waals surface area contributed by atoms with E-state index in [2.05, 4.69) is 15.3 Å². The summed E-state index contributed by atoms with van der Waals surface area (Å²) in [6, 6.07) is 7.12. The SMILES string of the molecule is NC(=S)c1cnc(NCCc2ccc(O)cc2)cn1. The van der Waals surface area contributed by atoms with Crippen LogP contribution in [0.25, 0.3) is 0 Å². The van der Waals surface area contributed by atoms with Gasteiger partial charge in [-0.05, 0) is 24.1 Å². The number of phenolic OH excluding ortho intramolecular Hbond substituents is 1. The number of benzene rings is 1. The molecule has 1 aromatic carbocycles. The number of aromatic nitrogens is 2. The summed E-state index contributed by atoms with van der Waals surface area (Å²) in [5.74, 6) is 0.953. The molecule has 19 heavy (non-hydrogen) atoms. The zero-order valence-corrected chi connectivity index (χ0v) is 11.0. The third kappa shape index (κ3) is 3.89. The van der Waals surface area contributed by atoms with Gasteiger partial charge in [-0.15, -0.1) is 0 Å². The molecule has 2 aromatic rings. The van der Waals surface area contributed by atoms with Crippen LogP contribution in [-0.4, -0.2) is 26.6 Å². The van der Waals surface area contributed by atoms with Gasteiger partial charge in [0, 0.05) is 6.54 Å². The number of nitrogens with one attached hydrogen (secondary N) is 1. The Morgan fingerprint density at radius 3 is 2.53 bits per heavy atom. The van der Waals surface area contributed by atoms with Crippen LogP contribution in [0.2, 0.25) is 0 Å². The van der Waals surface area contributed by atoms with E-state index in [9.17, 15) is 5.11 Å². The van der Waals surface area contributed by atoms with E-state index in [1.807, 2.05) is 12.1 Å². The number of nitrogens with zero attached hydrogens (tertiary/aromatic N) is 2. The first-order chi connectivity index (χ1) is 9.15. The zero-order valence-electron chi connectivity index (χ0n) is 10.2. The second-order valence-corrected chi connectivity index (χ2v) is 4.43. The number of anilines is 1. The topological polar surface area (TPSA) is 84.1 Å². The minimum atomic E-state index is 0.239. The molecule has 0 amide bonds. The summed E-state index contributed by atoms with van der Waals surface area (Å²) in [5, 5.41) is 12.3. The highest BCUT2D eigenvalue weighted by atomic mass is 32.1. The van der Waals surface area contributed by atoms with Crippen LogP contribution in [-0.2, 0) is 6.42 Å². The van der Waals surface area contributed by atoms with Crippen molar-refractivity contribution < 1.29 is 5.11 Å². The largest absolute Gasteiger partial charge is 0.508 e. The molecule has 98 valence electrons. The van der Waals surface area contributed by atoms with E-state index < -0.39 is 0 Å². The molecule has 5 nitrogen and oxygen atoms in total. The highest BCUT2D eigenvalue weighted by Crippen LogP contribution is 2.10. The Balaban J connectivity index is 1.85. The van der Waals surface area contributed by atoms with E-state index in [1.54, 1.807) is 24.5 Å². The van der Waals surface area contributed by atoms with Crippen LogP contribution in [0.5, 0.6) is 5.75 Å². The Kier molecular flexibility index (Phi) is 4.25. The molecule has 0 radical (unpaired) electrons. The Labute approximate surface area is 116 Å². The average molecular weight is 274 g/mol. The summed E-state index contributed by atoms with van der Waals surface area (Å²) in [5.41, 5.74) is 7.09. The minimum Gasteiger partial charge on any atom is -0.508 e. The van der Waals surface area contributed by atoms with Gasteiger partial charge >= 0.3 is 0 Å². The van der Waals surface area contributed by atoms with E-state index in [1.165, 1.54) is 0 Å². The Bertz CT molecular complexity index is 554. The van der Waals surface area contributed by atoms with Gasteiger partial charge in [0.15, 0.2) is 0 Å². The van der Waals surface area contributed by atoms with Gasteiger partial charge in [-0.25, -0.2) is 9.97 Å². The predicted molar refractivity (Wildman–Crippen MR) is 78.2 cm³/mol. The monoisotopic (exact) mass is 274 g/mol. The molecule has 0 saturated carbocycles. The van der Waals surface area contributed by atoms with Crippen LogP contribution in [0.15, 0.2) is 36.7 Å². The van der Waals surface area contributed by atoms with Crippen LogP contribution >= 0.6 is 12.2 Å². The van der Waals surface area contributed by atoms with Crippen LogP contribution in [0.1, 0.15) is 11.3 Å². The number of thiocarbonyl (C=S) groups is 1. The standard InChI is InChI=1S/C13H14N4OS/c14-13(19)11-7-17-12(8-16-11)15-6-5-9-1-3-10(18)4-2-9/h1-4,7-8,18H,5-6H2,(H2,14,19)(H,15,17). The molecule has 0 aliphatic carbocycles. The number of hydrogen-bond donors (Lipinski definition) is 3. The van der Waals surface area contributed by atoms with Crippen molar-refractivity contribution in [3.8, 4) is 5.75 Å². The van der Waals surface area contributed by atoms with E-state index >= 15 is 0 Å². The first kappa shape index (κ1) is 13.2. The van der Waals surface area contributed by atoms with Gasteiger partial charge in [0.1, 0.15) is 22.2 Å². The Morgan fingerprint density at radius 1 is 1.21 bits per heavy atom. The van der Waals surface area contributed by atoms with E-state index in [-0.39, 0.29) is 10.7 Å². The highest BCUT2D eigenvalue weighted by Gasteiger charge is 1.99. The van der Waals surface area contributed by atoms with Crippen LogP contribution < -0.4 is 11.1 Å². The van der Waals surface area contributed by atoms with Gasteiger partial charge in [0.2, 0.25) is 0 Å². The molecule has 0 unspecified atom stereocenters. The fourth-order valence-corrected chi connectivity index (χ4v) is 1.65. The Morgan fingerprint density at radius 2 is 1.95 bits per heavy atom. The number of hydrogen-bond acceptors (Lipinski definition) is 5. The fourth-order valence-electron chi connectivity index (χ4n) is 1.54. The predicted octanol–water partition coefficient (Wildman–Crippen LogP) is 1.47. The summed E-state index contributed by atoms with van der Waals surface area (Å²) < 4.78 is 0. The zero-order chi connectivity index (χ0) is 13.7. The summed E-state index contributed by atoms with van der Waals surface area (Å²) in [6.45, 7) is 0.728. The average Bonchev–Trinajstić information content (AvgIpc) is 2.41. The van der Waals surface area contributed by atoms with E-state index in [0.29, 0.717) is 11.5 Å². The van der Waals surface area contributed by atoms with Gasteiger partial charge in [-0.3, -0.25) is 0 Å². The lowest BCUT2D eigenvalue weighted by atomic mass is 10.1. The molecule has 0 atom stereocenters. The first-order valence-electron chi connectivity index (χ1n) is 5.79. The van der Waals surface area contributed by atoms with E-state index in [0.717, 1.165) is 18.5 Å². The molecular formula is C13H14N4OS. The summed E-state index contributed by atoms with van der Waals surface area (Å²) in [4.78, 5) is 8.49. The number of aromatic hydroxyl groups is 1. The van der Waals surface area contributed by atoms with Crippen molar-refractivity contribution >= 4 is 23.0 Å². The minimum absolute atomic E-state index is 0.239. The fraction of sp³-hybridized carbons (Fsp3) is 0.154. The Hall–Kier alpha value is -2.21. The van der Waals surface area contributed by atoms with Crippen LogP contribution in [0.3, 0.4) is 0 Å². The number of nitrogens with two attached hydrogens (primary N) is 1. The first-order valence-corrected chi connectivity index (χ1v) is 6.19. The van der Waals surface area contributed by atoms with Crippen molar-refractivity contribution in [2.75, 3.05) is 11.9 Å². The quantitative estimate of drug-likeness (QED) is 0.716. The van der Waals surface area contributed by atoms with Crippen molar-refractivity contribution in [2.45, 2.75) is 6.42 Å². The molecule has 1 aromatic heterocycles. The molecular weight excluding hydrogens is 260 g/mol. The summed E-state index contributed by atoms with van der Waals surface area (Å²) >= 11 is 4.80. The van der Waals surface area contributed by atoms with Crippen LogP contribution in [0.4, 0.5) is 5.82 Å². The maximum atomic E-state index is 9.18. The normalized spacial score (nSPS) is 10.1. The van der Waals surface area contributed by atoms with Crippen molar-refractivity contribution in [3.63, 3.8) is 0 Å². The van der Waals surface area contributed by atoms with Gasteiger partial charge in [0.05, 0.1) is 12.4 Å². The van der Waals surface area contributed by atoms with Crippen molar-refractivity contribution in [1.82, 2.24) is 9.97 Å². The molecule has 0 fully saturated rings. The smallest absolute Gasteiger partial charge is 0.144 e. The lowest BCUT2D eigenvalue weighted by Crippen LogP contribution is -2.13. The molecule has 0 saturated heterocycles. The van der Waals surface area contributed by atoms with Crippen LogP contribution in [0, 0.1) is 0 Å².